The smallest absolute Gasteiger partial charge is 0.210 e. The molecular formula is C8H16OSi. The van der Waals surface area contributed by atoms with E-state index in [1.807, 2.05) is 11.8 Å². The molecule has 1 nitrogen and oxygen atoms in total. The van der Waals surface area contributed by atoms with E-state index in [2.05, 4.69) is 26.3 Å². The molecule has 0 spiro atoms. The lowest BCUT2D eigenvalue weighted by Gasteiger charge is -2.16. The third-order valence-electron chi connectivity index (χ3n) is 1.29. The van der Waals surface area contributed by atoms with Gasteiger partial charge in [-0.2, -0.15) is 0 Å². The minimum absolute atomic E-state index is 0.786. The molecule has 0 aromatic rings. The van der Waals surface area contributed by atoms with Gasteiger partial charge in [0.1, 0.15) is 0 Å². The van der Waals surface area contributed by atoms with Crippen LogP contribution in [0, 0.1) is 0 Å². The fourth-order valence-electron chi connectivity index (χ4n) is 0.464. The van der Waals surface area contributed by atoms with Gasteiger partial charge in [0.25, 0.3) is 0 Å². The zero-order chi connectivity index (χ0) is 8.04. The summed E-state index contributed by atoms with van der Waals surface area (Å²) in [5, 5.41) is 0. The predicted octanol–water partition coefficient (Wildman–Crippen LogP) is 2.51. The summed E-state index contributed by atoms with van der Waals surface area (Å²) in [7, 11) is -1.50. The highest BCUT2D eigenvalue weighted by Crippen LogP contribution is 2.04. The molecule has 0 amide bonds. The molecule has 10 heavy (non-hydrogen) atoms. The van der Waals surface area contributed by atoms with Crippen molar-refractivity contribution in [1.29, 1.82) is 0 Å². The molecule has 2 heteroatoms. The standard InChI is InChI=1S/C8H16OSi/c1-5-7-8-9-10(3,4)6-2/h5-6H,1-2,7-8H2,3-4H3. The molecule has 0 saturated carbocycles. The zero-order valence-electron chi connectivity index (χ0n) is 6.89. The van der Waals surface area contributed by atoms with Crippen LogP contribution in [0.3, 0.4) is 0 Å². The van der Waals surface area contributed by atoms with E-state index in [0.717, 1.165) is 13.0 Å². The average molecular weight is 156 g/mol. The Kier molecular flexibility index (Phi) is 4.32. The van der Waals surface area contributed by atoms with Crippen molar-refractivity contribution < 1.29 is 4.43 Å². The Hall–Kier alpha value is -0.343. The topological polar surface area (TPSA) is 9.23 Å². The predicted molar refractivity (Wildman–Crippen MR) is 48.4 cm³/mol. The van der Waals surface area contributed by atoms with Gasteiger partial charge in [0.2, 0.25) is 8.32 Å². The van der Waals surface area contributed by atoms with Crippen LogP contribution in [0.25, 0.3) is 0 Å². The molecule has 0 fully saturated rings. The first-order valence-electron chi connectivity index (χ1n) is 3.51. The first-order valence-corrected chi connectivity index (χ1v) is 6.49. The van der Waals surface area contributed by atoms with Crippen LogP contribution in [-0.4, -0.2) is 14.9 Å². The van der Waals surface area contributed by atoms with Gasteiger partial charge in [0, 0.05) is 6.61 Å². The van der Waals surface area contributed by atoms with Crippen molar-refractivity contribution in [2.75, 3.05) is 6.61 Å². The van der Waals surface area contributed by atoms with Crippen LogP contribution in [0.15, 0.2) is 24.9 Å². The van der Waals surface area contributed by atoms with E-state index in [9.17, 15) is 0 Å². The van der Waals surface area contributed by atoms with E-state index < -0.39 is 8.32 Å². The van der Waals surface area contributed by atoms with Crippen molar-refractivity contribution in [3.63, 3.8) is 0 Å². The largest absolute Gasteiger partial charge is 0.413 e. The van der Waals surface area contributed by atoms with Gasteiger partial charge in [-0.15, -0.1) is 13.2 Å². The van der Waals surface area contributed by atoms with E-state index in [-0.39, 0.29) is 0 Å². The Morgan fingerprint density at radius 2 is 2.00 bits per heavy atom. The van der Waals surface area contributed by atoms with Crippen LogP contribution in [0.5, 0.6) is 0 Å². The van der Waals surface area contributed by atoms with Gasteiger partial charge < -0.3 is 4.43 Å². The molecule has 0 aliphatic heterocycles. The molecule has 0 unspecified atom stereocenters. The van der Waals surface area contributed by atoms with E-state index in [1.165, 1.54) is 0 Å². The van der Waals surface area contributed by atoms with E-state index in [4.69, 9.17) is 4.43 Å². The summed E-state index contributed by atoms with van der Waals surface area (Å²) in [6.45, 7) is 12.4. The lowest BCUT2D eigenvalue weighted by Crippen LogP contribution is -2.27. The van der Waals surface area contributed by atoms with Crippen molar-refractivity contribution in [1.82, 2.24) is 0 Å². The summed E-state index contributed by atoms with van der Waals surface area (Å²) in [5.74, 6) is 0. The summed E-state index contributed by atoms with van der Waals surface area (Å²) >= 11 is 0. The van der Waals surface area contributed by atoms with Crippen molar-refractivity contribution in [3.05, 3.63) is 24.9 Å². The van der Waals surface area contributed by atoms with Gasteiger partial charge in [-0.25, -0.2) is 0 Å². The van der Waals surface area contributed by atoms with Gasteiger partial charge in [0.15, 0.2) is 0 Å². The van der Waals surface area contributed by atoms with Crippen molar-refractivity contribution in [3.8, 4) is 0 Å². The highest BCUT2D eigenvalue weighted by atomic mass is 28.4. The van der Waals surface area contributed by atoms with Crippen molar-refractivity contribution in [2.45, 2.75) is 19.5 Å². The normalized spacial score (nSPS) is 11.0. The number of rotatable bonds is 5. The highest BCUT2D eigenvalue weighted by Gasteiger charge is 2.15. The number of hydrogen-bond donors (Lipinski definition) is 0. The van der Waals surface area contributed by atoms with Gasteiger partial charge >= 0.3 is 0 Å². The van der Waals surface area contributed by atoms with E-state index in [0.29, 0.717) is 0 Å². The highest BCUT2D eigenvalue weighted by molar-refractivity contribution is 6.76. The van der Waals surface area contributed by atoms with Gasteiger partial charge in [-0.3, -0.25) is 0 Å². The molecule has 0 rings (SSSR count). The molecule has 58 valence electrons. The molecular weight excluding hydrogens is 140 g/mol. The molecule has 0 aliphatic carbocycles. The third-order valence-corrected chi connectivity index (χ3v) is 3.22. The molecule has 0 aromatic carbocycles. The molecule has 0 heterocycles. The van der Waals surface area contributed by atoms with Crippen LogP contribution in [0.2, 0.25) is 13.1 Å². The summed E-state index contributed by atoms with van der Waals surface area (Å²) in [6, 6.07) is 0. The summed E-state index contributed by atoms with van der Waals surface area (Å²) < 4.78 is 5.57. The first-order chi connectivity index (χ1) is 4.62. The Labute approximate surface area is 64.5 Å². The second-order valence-corrected chi connectivity index (χ2v) is 6.64. The summed E-state index contributed by atoms with van der Waals surface area (Å²) in [4.78, 5) is 0. The van der Waals surface area contributed by atoms with Crippen LogP contribution >= 0.6 is 0 Å². The Bertz CT molecular complexity index is 118. The van der Waals surface area contributed by atoms with E-state index in [1.54, 1.807) is 0 Å². The van der Waals surface area contributed by atoms with Crippen LogP contribution in [0.1, 0.15) is 6.42 Å². The minimum Gasteiger partial charge on any atom is -0.413 e. The monoisotopic (exact) mass is 156 g/mol. The number of hydrogen-bond acceptors (Lipinski definition) is 1. The molecule has 0 aliphatic rings. The third kappa shape index (κ3) is 4.53. The van der Waals surface area contributed by atoms with Crippen molar-refractivity contribution >= 4 is 8.32 Å². The molecule has 0 radical (unpaired) electrons. The van der Waals surface area contributed by atoms with Crippen LogP contribution in [0.4, 0.5) is 0 Å². The summed E-state index contributed by atoms with van der Waals surface area (Å²) in [6.07, 6.45) is 2.80. The second-order valence-electron chi connectivity index (χ2n) is 2.73. The van der Waals surface area contributed by atoms with Crippen molar-refractivity contribution in [2.24, 2.45) is 0 Å². The zero-order valence-corrected chi connectivity index (χ0v) is 7.89. The lowest BCUT2D eigenvalue weighted by molar-refractivity contribution is 0.322. The maximum atomic E-state index is 5.57. The fourth-order valence-corrected chi connectivity index (χ4v) is 1.23. The SMILES string of the molecule is C=CCCO[Si](C)(C)C=C. The Balaban J connectivity index is 3.46. The van der Waals surface area contributed by atoms with Crippen LogP contribution < -0.4 is 0 Å². The lowest BCUT2D eigenvalue weighted by atomic mass is 10.5. The van der Waals surface area contributed by atoms with Gasteiger partial charge in [0.05, 0.1) is 0 Å². The maximum Gasteiger partial charge on any atom is 0.210 e. The Morgan fingerprint density at radius 3 is 2.40 bits per heavy atom. The molecule has 0 atom stereocenters. The quantitative estimate of drug-likeness (QED) is 0.337. The minimum atomic E-state index is -1.50. The molecule has 0 bridgehead atoms. The first kappa shape index (κ1) is 9.66. The molecule has 0 aromatic heterocycles. The van der Waals surface area contributed by atoms with Crippen LogP contribution in [-0.2, 0) is 4.43 Å². The van der Waals surface area contributed by atoms with Gasteiger partial charge in [-0.05, 0) is 19.5 Å². The second kappa shape index (κ2) is 4.47. The maximum absolute atomic E-state index is 5.57. The fraction of sp³-hybridized carbons (Fsp3) is 0.500. The average Bonchev–Trinajstić information content (AvgIpc) is 1.89. The molecule has 0 N–H and O–H groups in total. The summed E-state index contributed by atoms with van der Waals surface area (Å²) in [5.41, 5.74) is 1.94. The van der Waals surface area contributed by atoms with Gasteiger partial charge in [-0.1, -0.05) is 11.8 Å². The van der Waals surface area contributed by atoms with E-state index >= 15 is 0 Å². The Morgan fingerprint density at radius 1 is 1.40 bits per heavy atom. The molecule has 0 saturated heterocycles.